The molecule has 2 aromatic carbocycles. The third kappa shape index (κ3) is 4.22. The van der Waals surface area contributed by atoms with Crippen molar-refractivity contribution in [2.45, 2.75) is 17.3 Å². The second-order valence-corrected chi connectivity index (χ2v) is 6.87. The fraction of sp³-hybridized carbons (Fsp3) is 0.118. The molecule has 0 saturated heterocycles. The van der Waals surface area contributed by atoms with E-state index >= 15 is 0 Å². The Balaban J connectivity index is 1.72. The van der Waals surface area contributed by atoms with Gasteiger partial charge in [0, 0.05) is 11.6 Å². The Bertz CT molecular complexity index is 994. The first-order valence-corrected chi connectivity index (χ1v) is 8.62. The quantitative estimate of drug-likeness (QED) is 0.514. The Morgan fingerprint density at radius 1 is 1.15 bits per heavy atom. The second-order valence-electron chi connectivity index (χ2n) is 5.56. The predicted molar refractivity (Wildman–Crippen MR) is 95.9 cm³/mol. The first-order valence-electron chi connectivity index (χ1n) is 7.74. The molecular weight excluding hydrogens is 379 g/mol. The van der Waals surface area contributed by atoms with E-state index in [4.69, 9.17) is 5.84 Å². The minimum atomic E-state index is -0.879. The van der Waals surface area contributed by atoms with Gasteiger partial charge in [-0.15, -0.1) is 10.2 Å². The molecule has 1 aromatic heterocycles. The molecule has 0 aliphatic heterocycles. The van der Waals surface area contributed by atoms with Gasteiger partial charge < -0.3 is 11.2 Å². The first kappa shape index (κ1) is 18.8. The molecule has 1 amide bonds. The van der Waals surface area contributed by atoms with E-state index in [0.29, 0.717) is 11.6 Å². The Morgan fingerprint density at radius 2 is 1.89 bits per heavy atom. The van der Waals surface area contributed by atoms with Gasteiger partial charge in [0.1, 0.15) is 17.5 Å². The molecule has 0 spiro atoms. The van der Waals surface area contributed by atoms with Gasteiger partial charge in [0.25, 0.3) is 0 Å². The molecule has 0 aliphatic carbocycles. The lowest BCUT2D eigenvalue weighted by Crippen LogP contribution is -2.24. The van der Waals surface area contributed by atoms with Crippen LogP contribution in [0, 0.1) is 17.5 Å². The maximum atomic E-state index is 13.7. The Morgan fingerprint density at radius 3 is 2.59 bits per heavy atom. The van der Waals surface area contributed by atoms with Gasteiger partial charge >= 0.3 is 0 Å². The van der Waals surface area contributed by atoms with E-state index in [-0.39, 0.29) is 16.7 Å². The van der Waals surface area contributed by atoms with Crippen LogP contribution >= 0.6 is 11.8 Å². The maximum absolute atomic E-state index is 13.7. The van der Waals surface area contributed by atoms with E-state index in [1.807, 2.05) is 0 Å². The van der Waals surface area contributed by atoms with E-state index in [0.717, 1.165) is 28.6 Å². The fourth-order valence-electron chi connectivity index (χ4n) is 2.22. The molecule has 0 radical (unpaired) electrons. The van der Waals surface area contributed by atoms with Crippen molar-refractivity contribution >= 4 is 23.4 Å². The number of thioether (sulfide) groups is 1. The molecule has 3 N–H and O–H groups in total. The van der Waals surface area contributed by atoms with Gasteiger partial charge in [-0.2, -0.15) is 0 Å². The van der Waals surface area contributed by atoms with Crippen LogP contribution in [0.25, 0.3) is 11.4 Å². The zero-order valence-electron chi connectivity index (χ0n) is 14.0. The third-order valence-electron chi connectivity index (χ3n) is 3.59. The van der Waals surface area contributed by atoms with Crippen LogP contribution in [0.2, 0.25) is 0 Å². The minimum Gasteiger partial charge on any atom is -0.335 e. The summed E-state index contributed by atoms with van der Waals surface area (Å²) in [6.07, 6.45) is 0. The zero-order chi connectivity index (χ0) is 19.6. The SMILES string of the molecule is C[C@H](Sc1nnc(-c2cccc(F)c2)n1N)C(=O)Nc1ccc(F)cc1F. The van der Waals surface area contributed by atoms with Gasteiger partial charge in [0.2, 0.25) is 11.1 Å². The summed E-state index contributed by atoms with van der Waals surface area (Å²) in [6.45, 7) is 1.57. The average Bonchev–Trinajstić information content (AvgIpc) is 2.98. The summed E-state index contributed by atoms with van der Waals surface area (Å²) in [5, 5.41) is 9.70. The summed E-state index contributed by atoms with van der Waals surface area (Å²) in [5.74, 6) is 3.58. The van der Waals surface area contributed by atoms with E-state index in [2.05, 4.69) is 15.5 Å². The van der Waals surface area contributed by atoms with E-state index in [1.54, 1.807) is 13.0 Å². The van der Waals surface area contributed by atoms with Gasteiger partial charge in [-0.3, -0.25) is 4.79 Å². The van der Waals surface area contributed by atoms with Crippen LogP contribution in [0.15, 0.2) is 47.6 Å². The number of nitrogens with zero attached hydrogens (tertiary/aromatic N) is 3. The molecule has 1 atom stereocenters. The summed E-state index contributed by atoms with van der Waals surface area (Å²) < 4.78 is 41.1. The van der Waals surface area contributed by atoms with E-state index in [9.17, 15) is 18.0 Å². The van der Waals surface area contributed by atoms with Crippen LogP contribution in [0.3, 0.4) is 0 Å². The zero-order valence-corrected chi connectivity index (χ0v) is 14.8. The molecule has 0 saturated carbocycles. The van der Waals surface area contributed by atoms with Crippen LogP contribution < -0.4 is 11.2 Å². The lowest BCUT2D eigenvalue weighted by Gasteiger charge is -2.12. The number of carbonyl (C=O) groups excluding carboxylic acids is 1. The summed E-state index contributed by atoms with van der Waals surface area (Å²) in [6, 6.07) is 8.53. The van der Waals surface area contributed by atoms with Gasteiger partial charge in [0.15, 0.2) is 5.82 Å². The van der Waals surface area contributed by atoms with Crippen LogP contribution in [0.4, 0.5) is 18.9 Å². The minimum absolute atomic E-state index is 0.136. The van der Waals surface area contributed by atoms with E-state index < -0.39 is 28.6 Å². The lowest BCUT2D eigenvalue weighted by molar-refractivity contribution is -0.115. The van der Waals surface area contributed by atoms with Gasteiger partial charge in [-0.1, -0.05) is 23.9 Å². The summed E-state index contributed by atoms with van der Waals surface area (Å²) in [7, 11) is 0. The van der Waals surface area contributed by atoms with Gasteiger partial charge in [-0.05, 0) is 31.2 Å². The van der Waals surface area contributed by atoms with Crippen LogP contribution in [0.5, 0.6) is 0 Å². The molecule has 0 bridgehead atoms. The van der Waals surface area contributed by atoms with Crippen molar-refractivity contribution in [1.82, 2.24) is 14.9 Å². The van der Waals surface area contributed by atoms with Crippen molar-refractivity contribution < 1.29 is 18.0 Å². The molecule has 0 aliphatic rings. The molecule has 140 valence electrons. The number of halogens is 3. The monoisotopic (exact) mass is 393 g/mol. The number of aromatic nitrogens is 3. The number of nitrogens with one attached hydrogen (secondary N) is 1. The number of benzene rings is 2. The lowest BCUT2D eigenvalue weighted by atomic mass is 10.2. The highest BCUT2D eigenvalue weighted by molar-refractivity contribution is 8.00. The number of carbonyl (C=O) groups is 1. The van der Waals surface area contributed by atoms with Crippen molar-refractivity contribution in [3.63, 3.8) is 0 Å². The number of hydrogen-bond donors (Lipinski definition) is 2. The Kier molecular flexibility index (Phi) is 5.36. The molecule has 3 aromatic rings. The molecular formula is C17H14F3N5OS. The highest BCUT2D eigenvalue weighted by Crippen LogP contribution is 2.26. The van der Waals surface area contributed by atoms with Crippen molar-refractivity contribution in [2.24, 2.45) is 0 Å². The molecule has 0 fully saturated rings. The number of nitrogens with two attached hydrogens (primary N) is 1. The number of hydrogen-bond acceptors (Lipinski definition) is 5. The number of nitrogen functional groups attached to an aromatic ring is 1. The molecule has 0 unspecified atom stereocenters. The first-order chi connectivity index (χ1) is 12.8. The smallest absolute Gasteiger partial charge is 0.237 e. The summed E-state index contributed by atoms with van der Waals surface area (Å²) >= 11 is 0.988. The molecule has 10 heteroatoms. The van der Waals surface area contributed by atoms with Crippen LogP contribution in [-0.4, -0.2) is 26.0 Å². The number of rotatable bonds is 5. The molecule has 27 heavy (non-hydrogen) atoms. The summed E-state index contributed by atoms with van der Waals surface area (Å²) in [5.41, 5.74) is 0.297. The molecule has 1 heterocycles. The standard InChI is InChI=1S/C17H14F3N5OS/c1-9(16(26)22-14-6-5-12(19)8-13(14)20)27-17-24-23-15(25(17)21)10-3-2-4-11(18)7-10/h2-9H,21H2,1H3,(H,22,26)/t9-/m0/s1. The Labute approximate surface area is 156 Å². The van der Waals surface area contributed by atoms with Crippen molar-refractivity contribution in [3.8, 4) is 11.4 Å². The summed E-state index contributed by atoms with van der Waals surface area (Å²) in [4.78, 5) is 12.2. The second kappa shape index (κ2) is 7.70. The Hall–Kier alpha value is -3.01. The highest BCUT2D eigenvalue weighted by atomic mass is 32.2. The number of anilines is 1. The molecule has 6 nitrogen and oxygen atoms in total. The third-order valence-corrected chi connectivity index (χ3v) is 4.64. The van der Waals surface area contributed by atoms with Crippen molar-refractivity contribution in [2.75, 3.05) is 11.2 Å². The topological polar surface area (TPSA) is 85.8 Å². The normalized spacial score (nSPS) is 12.0. The van der Waals surface area contributed by atoms with Crippen LogP contribution in [0.1, 0.15) is 6.92 Å². The maximum Gasteiger partial charge on any atom is 0.237 e. The predicted octanol–water partition coefficient (Wildman–Crippen LogP) is 3.20. The van der Waals surface area contributed by atoms with Gasteiger partial charge in [-0.25, -0.2) is 17.8 Å². The largest absolute Gasteiger partial charge is 0.335 e. The van der Waals surface area contributed by atoms with Crippen molar-refractivity contribution in [1.29, 1.82) is 0 Å². The van der Waals surface area contributed by atoms with Crippen LogP contribution in [-0.2, 0) is 4.79 Å². The average molecular weight is 393 g/mol. The highest BCUT2D eigenvalue weighted by Gasteiger charge is 2.21. The van der Waals surface area contributed by atoms with E-state index in [1.165, 1.54) is 18.2 Å². The number of amides is 1. The van der Waals surface area contributed by atoms with Gasteiger partial charge in [0.05, 0.1) is 10.9 Å². The molecule has 3 rings (SSSR count). The van der Waals surface area contributed by atoms with Crippen molar-refractivity contribution in [3.05, 3.63) is 59.9 Å². The fourth-order valence-corrected chi connectivity index (χ4v) is 2.99.